The summed E-state index contributed by atoms with van der Waals surface area (Å²) < 4.78 is 7.39. The molecule has 0 radical (unpaired) electrons. The smallest absolute Gasteiger partial charge is 0.265 e. The highest BCUT2D eigenvalue weighted by Crippen LogP contribution is 2.27. The van der Waals surface area contributed by atoms with Gasteiger partial charge in [-0.1, -0.05) is 17.7 Å². The van der Waals surface area contributed by atoms with Crippen molar-refractivity contribution in [2.24, 2.45) is 5.73 Å². The summed E-state index contributed by atoms with van der Waals surface area (Å²) in [5, 5.41) is 8.31. The van der Waals surface area contributed by atoms with Crippen LogP contribution in [-0.2, 0) is 6.54 Å². The van der Waals surface area contributed by atoms with E-state index in [-0.39, 0.29) is 0 Å². The van der Waals surface area contributed by atoms with Gasteiger partial charge in [0.2, 0.25) is 5.65 Å². The highest BCUT2D eigenvalue weighted by Gasteiger charge is 2.08. The van der Waals surface area contributed by atoms with Crippen molar-refractivity contribution >= 4 is 17.2 Å². The summed E-state index contributed by atoms with van der Waals surface area (Å²) in [5.41, 5.74) is 6.96. The average Bonchev–Trinajstić information content (AvgIpc) is 2.88. The molecular weight excluding hydrogens is 266 g/mol. The molecule has 2 heterocycles. The molecule has 0 saturated carbocycles. The number of ether oxygens (including phenoxy) is 1. The Labute approximate surface area is 113 Å². The van der Waals surface area contributed by atoms with E-state index in [1.54, 1.807) is 35.3 Å². The number of nitrogens with zero attached hydrogens (tertiary/aromatic N) is 4. The molecule has 0 unspecified atom stereocenters. The second kappa shape index (κ2) is 4.83. The molecule has 1 aromatic carbocycles. The van der Waals surface area contributed by atoms with Crippen LogP contribution in [0.5, 0.6) is 11.6 Å². The molecule has 3 aromatic rings. The van der Waals surface area contributed by atoms with Crippen LogP contribution in [0.25, 0.3) is 5.65 Å². The van der Waals surface area contributed by atoms with E-state index in [2.05, 4.69) is 15.2 Å². The number of rotatable bonds is 3. The Bertz CT molecular complexity index is 727. The van der Waals surface area contributed by atoms with Crippen LogP contribution in [0.4, 0.5) is 0 Å². The van der Waals surface area contributed by atoms with Gasteiger partial charge in [-0.25, -0.2) is 4.98 Å². The molecule has 19 heavy (non-hydrogen) atoms. The minimum atomic E-state index is 0.372. The second-order valence-electron chi connectivity index (χ2n) is 3.85. The molecule has 2 aromatic heterocycles. The van der Waals surface area contributed by atoms with Gasteiger partial charge in [-0.2, -0.15) is 0 Å². The first kappa shape index (κ1) is 11.9. The fourth-order valence-electron chi connectivity index (χ4n) is 1.68. The van der Waals surface area contributed by atoms with Gasteiger partial charge < -0.3 is 10.5 Å². The van der Waals surface area contributed by atoms with E-state index in [1.165, 1.54) is 0 Å². The number of nitrogens with two attached hydrogens (primary N) is 1. The van der Waals surface area contributed by atoms with Gasteiger partial charge in [0.05, 0.1) is 0 Å². The van der Waals surface area contributed by atoms with Crippen LogP contribution < -0.4 is 10.5 Å². The number of aromatic nitrogens is 4. The molecule has 0 amide bonds. The zero-order chi connectivity index (χ0) is 13.2. The van der Waals surface area contributed by atoms with Crippen molar-refractivity contribution in [1.82, 2.24) is 19.6 Å². The summed E-state index contributed by atoms with van der Waals surface area (Å²) in [5.74, 6) is 0.947. The van der Waals surface area contributed by atoms with Crippen molar-refractivity contribution in [3.63, 3.8) is 0 Å². The molecule has 0 aliphatic rings. The molecule has 0 atom stereocenters. The standard InChI is InChI=1S/C12H10ClN5O/c13-10-5-9(2-1-8(10)6-14)19-12-11-17-16-7-18(11)4-3-15-12/h1-5,7H,6,14H2. The van der Waals surface area contributed by atoms with Gasteiger partial charge in [0.1, 0.15) is 12.1 Å². The summed E-state index contributed by atoms with van der Waals surface area (Å²) in [6.07, 6.45) is 4.93. The van der Waals surface area contributed by atoms with Crippen LogP contribution in [0.2, 0.25) is 5.02 Å². The Hall–Kier alpha value is -2.18. The molecule has 0 fully saturated rings. The Morgan fingerprint density at radius 1 is 1.37 bits per heavy atom. The summed E-state index contributed by atoms with van der Waals surface area (Å²) >= 11 is 6.08. The Morgan fingerprint density at radius 2 is 2.26 bits per heavy atom. The van der Waals surface area contributed by atoms with Crippen molar-refractivity contribution < 1.29 is 4.74 Å². The van der Waals surface area contributed by atoms with Gasteiger partial charge in [0.25, 0.3) is 5.88 Å². The Kier molecular flexibility index (Phi) is 3.02. The summed E-state index contributed by atoms with van der Waals surface area (Å²) in [4.78, 5) is 4.13. The lowest BCUT2D eigenvalue weighted by Gasteiger charge is -2.07. The van der Waals surface area contributed by atoms with Gasteiger partial charge in [0, 0.05) is 24.0 Å². The maximum absolute atomic E-state index is 6.08. The van der Waals surface area contributed by atoms with Crippen molar-refractivity contribution in [2.75, 3.05) is 0 Å². The predicted octanol–water partition coefficient (Wildman–Crippen LogP) is 2.03. The van der Waals surface area contributed by atoms with E-state index in [1.807, 2.05) is 6.07 Å². The van der Waals surface area contributed by atoms with Gasteiger partial charge in [-0.15, -0.1) is 10.2 Å². The molecule has 2 N–H and O–H groups in total. The largest absolute Gasteiger partial charge is 0.436 e. The van der Waals surface area contributed by atoms with Gasteiger partial charge in [0.15, 0.2) is 0 Å². The molecular formula is C12H10ClN5O. The number of hydrogen-bond donors (Lipinski definition) is 1. The second-order valence-corrected chi connectivity index (χ2v) is 4.26. The van der Waals surface area contributed by atoms with Crippen molar-refractivity contribution in [2.45, 2.75) is 6.54 Å². The first-order chi connectivity index (χ1) is 9.28. The highest BCUT2D eigenvalue weighted by molar-refractivity contribution is 6.31. The highest BCUT2D eigenvalue weighted by atomic mass is 35.5. The minimum Gasteiger partial charge on any atom is -0.436 e. The third kappa shape index (κ3) is 2.23. The number of hydrogen-bond acceptors (Lipinski definition) is 5. The number of halogens is 1. The summed E-state index contributed by atoms with van der Waals surface area (Å²) in [6.45, 7) is 0.386. The number of fused-ring (bicyclic) bond motifs is 1. The average molecular weight is 276 g/mol. The van der Waals surface area contributed by atoms with E-state index in [4.69, 9.17) is 22.1 Å². The van der Waals surface area contributed by atoms with Crippen LogP contribution in [0.1, 0.15) is 5.56 Å². The topological polar surface area (TPSA) is 78.3 Å². The maximum Gasteiger partial charge on any atom is 0.265 e. The third-order valence-electron chi connectivity index (χ3n) is 2.64. The molecule has 96 valence electrons. The van der Waals surface area contributed by atoms with Crippen molar-refractivity contribution in [3.05, 3.63) is 47.5 Å². The molecule has 0 saturated heterocycles. The van der Waals surface area contributed by atoms with Crippen LogP contribution >= 0.6 is 11.6 Å². The van der Waals surface area contributed by atoms with E-state index >= 15 is 0 Å². The molecule has 0 aliphatic heterocycles. The van der Waals surface area contributed by atoms with Crippen molar-refractivity contribution in [3.8, 4) is 11.6 Å². The quantitative estimate of drug-likeness (QED) is 0.791. The maximum atomic E-state index is 6.08. The Balaban J connectivity index is 1.97. The number of benzene rings is 1. The SMILES string of the molecule is NCc1ccc(Oc2nccn3cnnc23)cc1Cl. The molecule has 0 bridgehead atoms. The zero-order valence-corrected chi connectivity index (χ0v) is 10.6. The normalized spacial score (nSPS) is 10.8. The molecule has 0 spiro atoms. The van der Waals surface area contributed by atoms with Gasteiger partial charge >= 0.3 is 0 Å². The zero-order valence-electron chi connectivity index (χ0n) is 9.82. The van der Waals surface area contributed by atoms with Gasteiger partial charge in [-0.05, 0) is 17.7 Å². The van der Waals surface area contributed by atoms with Crippen LogP contribution in [0, 0.1) is 0 Å². The predicted molar refractivity (Wildman–Crippen MR) is 70.2 cm³/mol. The fraction of sp³-hybridized carbons (Fsp3) is 0.0833. The first-order valence-corrected chi connectivity index (χ1v) is 5.96. The van der Waals surface area contributed by atoms with Crippen LogP contribution in [-0.4, -0.2) is 19.6 Å². The van der Waals surface area contributed by atoms with E-state index in [0.29, 0.717) is 28.8 Å². The summed E-state index contributed by atoms with van der Waals surface area (Å²) in [7, 11) is 0. The molecule has 7 heteroatoms. The monoisotopic (exact) mass is 275 g/mol. The molecule has 0 aliphatic carbocycles. The van der Waals surface area contributed by atoms with Crippen molar-refractivity contribution in [1.29, 1.82) is 0 Å². The lowest BCUT2D eigenvalue weighted by atomic mass is 10.2. The Morgan fingerprint density at radius 3 is 3.05 bits per heavy atom. The minimum absolute atomic E-state index is 0.372. The van der Waals surface area contributed by atoms with E-state index < -0.39 is 0 Å². The first-order valence-electron chi connectivity index (χ1n) is 5.58. The lowest BCUT2D eigenvalue weighted by Crippen LogP contribution is -1.98. The lowest BCUT2D eigenvalue weighted by molar-refractivity contribution is 0.464. The fourth-order valence-corrected chi connectivity index (χ4v) is 1.92. The van der Waals surface area contributed by atoms with Crippen LogP contribution in [0.3, 0.4) is 0 Å². The van der Waals surface area contributed by atoms with Crippen LogP contribution in [0.15, 0.2) is 36.9 Å². The molecule has 6 nitrogen and oxygen atoms in total. The van der Waals surface area contributed by atoms with E-state index in [9.17, 15) is 0 Å². The molecule has 3 rings (SSSR count). The summed E-state index contributed by atoms with van der Waals surface area (Å²) in [6, 6.07) is 5.31. The van der Waals surface area contributed by atoms with E-state index in [0.717, 1.165) is 5.56 Å². The van der Waals surface area contributed by atoms with Gasteiger partial charge in [-0.3, -0.25) is 4.40 Å². The third-order valence-corrected chi connectivity index (χ3v) is 2.99.